The van der Waals surface area contributed by atoms with Crippen LogP contribution in [-0.2, 0) is 0 Å². The number of benzene rings is 17. The van der Waals surface area contributed by atoms with Crippen LogP contribution < -0.4 is 9.80 Å². The first-order chi connectivity index (χ1) is 45.4. The lowest BCUT2D eigenvalue weighted by molar-refractivity contribution is 1.24. The highest BCUT2D eigenvalue weighted by molar-refractivity contribution is 6.19. The first kappa shape index (κ1) is 55.5. The summed E-state index contributed by atoms with van der Waals surface area (Å²) in [5.41, 5.74) is 19.1. The maximum atomic E-state index is 2.40. The molecule has 92 heavy (non-hydrogen) atoms. The topological polar surface area (TPSA) is 6.48 Å². The summed E-state index contributed by atoms with van der Waals surface area (Å²) in [4.78, 5) is 4.78. The van der Waals surface area contributed by atoms with Crippen LogP contribution in [0, 0.1) is 13.8 Å². The van der Waals surface area contributed by atoms with Crippen molar-refractivity contribution in [3.8, 4) is 44.5 Å². The lowest BCUT2D eigenvalue weighted by atomic mass is 9.96. The van der Waals surface area contributed by atoms with Gasteiger partial charge in [-0.3, -0.25) is 0 Å². The number of anilines is 6. The van der Waals surface area contributed by atoms with Crippen LogP contribution in [0.3, 0.4) is 0 Å². The Bertz CT molecular complexity index is 5560. The van der Waals surface area contributed by atoms with Crippen LogP contribution >= 0.6 is 0 Å². The third-order valence-corrected chi connectivity index (χ3v) is 18.5. The molecule has 0 unspecified atom stereocenters. The summed E-state index contributed by atoms with van der Waals surface area (Å²) in [6, 6.07) is 128. The number of hydrogen-bond acceptors (Lipinski definition) is 2. The third kappa shape index (κ3) is 10.5. The Labute approximate surface area is 537 Å². The summed E-state index contributed by atoms with van der Waals surface area (Å²) >= 11 is 0. The van der Waals surface area contributed by atoms with E-state index in [0.29, 0.717) is 0 Å². The lowest BCUT2D eigenvalue weighted by Gasteiger charge is -2.28. The molecule has 0 aliphatic carbocycles. The first-order valence-electron chi connectivity index (χ1n) is 31.8. The standard InChI is InChI=1S/C46H31N.C44H33N/c1-2-9-32(10-3-1)33-17-24-38(25-18-33)47(39-26-19-36(20-27-39)42-16-8-13-34-11-4-6-14-41(34)42)40-28-21-37-23-29-44-43-15-7-5-12-35(43)22-30-45(44)46(37)31-40;1-30-12-27-44(31(2)28-30)45(38-22-17-35(18-23-38)34-15-13-33(14-16-34)32-8-4-3-5-9-32)39-24-19-37-21-25-41-40-11-7-6-10-36(40)20-26-42(41)43(37)29-39/h1-31H;3-29H,1-2H3. The van der Waals surface area contributed by atoms with Gasteiger partial charge in [0.05, 0.1) is 0 Å². The highest BCUT2D eigenvalue weighted by Gasteiger charge is 2.19. The van der Waals surface area contributed by atoms with Crippen LogP contribution in [0.25, 0.3) is 120 Å². The Balaban J connectivity index is 0.000000147. The Morgan fingerprint density at radius 3 is 0.978 bits per heavy atom. The molecule has 0 saturated heterocycles. The highest BCUT2D eigenvalue weighted by Crippen LogP contribution is 2.44. The van der Waals surface area contributed by atoms with Crippen molar-refractivity contribution < 1.29 is 0 Å². The van der Waals surface area contributed by atoms with Gasteiger partial charge in [0, 0.05) is 34.1 Å². The molecule has 0 fully saturated rings. The maximum Gasteiger partial charge on any atom is 0.0490 e. The first-order valence-corrected chi connectivity index (χ1v) is 31.8. The van der Waals surface area contributed by atoms with Gasteiger partial charge >= 0.3 is 0 Å². The zero-order valence-electron chi connectivity index (χ0n) is 51.4. The Kier molecular flexibility index (Phi) is 14.4. The van der Waals surface area contributed by atoms with Crippen LogP contribution in [-0.4, -0.2) is 0 Å². The normalized spacial score (nSPS) is 11.4. The number of fused-ring (bicyclic) bond motifs is 11. The number of hydrogen-bond donors (Lipinski definition) is 0. The molecular formula is C90H64N2. The van der Waals surface area contributed by atoms with E-state index < -0.39 is 0 Å². The summed E-state index contributed by atoms with van der Waals surface area (Å²) in [6.07, 6.45) is 0. The van der Waals surface area contributed by atoms with Crippen molar-refractivity contribution in [3.63, 3.8) is 0 Å². The molecule has 0 atom stereocenters. The Hall–Kier alpha value is -11.8. The molecule has 0 bridgehead atoms. The molecule has 2 heteroatoms. The fourth-order valence-corrected chi connectivity index (χ4v) is 13.8. The van der Waals surface area contributed by atoms with Crippen LogP contribution in [0.2, 0.25) is 0 Å². The van der Waals surface area contributed by atoms with Crippen molar-refractivity contribution in [1.29, 1.82) is 0 Å². The maximum absolute atomic E-state index is 2.40. The summed E-state index contributed by atoms with van der Waals surface area (Å²) < 4.78 is 0. The summed E-state index contributed by atoms with van der Waals surface area (Å²) in [6.45, 7) is 4.37. The molecule has 17 rings (SSSR count). The van der Waals surface area contributed by atoms with Crippen LogP contribution in [0.5, 0.6) is 0 Å². The smallest absolute Gasteiger partial charge is 0.0490 e. The average molecular weight is 1170 g/mol. The summed E-state index contributed by atoms with van der Waals surface area (Å²) in [5, 5.41) is 17.8. The van der Waals surface area contributed by atoms with E-state index in [9.17, 15) is 0 Å². The predicted octanol–water partition coefficient (Wildman–Crippen LogP) is 25.7. The minimum absolute atomic E-state index is 1.12. The van der Waals surface area contributed by atoms with Gasteiger partial charge < -0.3 is 9.80 Å². The average Bonchev–Trinajstić information content (AvgIpc) is 0.787. The largest absolute Gasteiger partial charge is 0.310 e. The van der Waals surface area contributed by atoms with Gasteiger partial charge in [0.1, 0.15) is 0 Å². The van der Waals surface area contributed by atoms with Gasteiger partial charge in [0.2, 0.25) is 0 Å². The van der Waals surface area contributed by atoms with E-state index in [1.54, 1.807) is 0 Å². The van der Waals surface area contributed by atoms with Crippen molar-refractivity contribution in [2.45, 2.75) is 13.8 Å². The molecule has 0 N–H and O–H groups in total. The van der Waals surface area contributed by atoms with Gasteiger partial charge in [-0.05, 0) is 206 Å². The van der Waals surface area contributed by atoms with Crippen LogP contribution in [0.4, 0.5) is 34.1 Å². The molecule has 434 valence electrons. The van der Waals surface area contributed by atoms with Gasteiger partial charge in [-0.2, -0.15) is 0 Å². The van der Waals surface area contributed by atoms with E-state index in [0.717, 1.165) is 28.4 Å². The van der Waals surface area contributed by atoms with Crippen molar-refractivity contribution >= 4 is 110 Å². The molecule has 0 aromatic heterocycles. The minimum atomic E-state index is 1.12. The minimum Gasteiger partial charge on any atom is -0.310 e. The molecule has 0 aliphatic rings. The van der Waals surface area contributed by atoms with E-state index in [4.69, 9.17) is 0 Å². The van der Waals surface area contributed by atoms with E-state index >= 15 is 0 Å². The predicted molar refractivity (Wildman–Crippen MR) is 396 cm³/mol. The van der Waals surface area contributed by atoms with Crippen molar-refractivity contribution in [2.24, 2.45) is 0 Å². The van der Waals surface area contributed by atoms with Gasteiger partial charge in [-0.15, -0.1) is 0 Å². The Morgan fingerprint density at radius 1 is 0.185 bits per heavy atom. The second kappa shape index (κ2) is 23.9. The van der Waals surface area contributed by atoms with E-state index in [1.807, 2.05) is 0 Å². The molecule has 0 aliphatic heterocycles. The molecule has 17 aromatic carbocycles. The quantitative estimate of drug-likeness (QED) is 0.126. The molecule has 0 spiro atoms. The molecule has 2 nitrogen and oxygen atoms in total. The van der Waals surface area contributed by atoms with Crippen molar-refractivity contribution in [3.05, 3.63) is 363 Å². The molecule has 0 saturated carbocycles. The van der Waals surface area contributed by atoms with E-state index in [2.05, 4.69) is 375 Å². The Morgan fingerprint density at radius 2 is 0.511 bits per heavy atom. The van der Waals surface area contributed by atoms with E-state index in [1.165, 1.54) is 137 Å². The molecule has 17 aromatic rings. The number of rotatable bonds is 10. The zero-order valence-corrected chi connectivity index (χ0v) is 51.4. The van der Waals surface area contributed by atoms with Crippen molar-refractivity contribution in [1.82, 2.24) is 0 Å². The zero-order chi connectivity index (χ0) is 61.5. The summed E-state index contributed by atoms with van der Waals surface area (Å²) in [5.74, 6) is 0. The molecule has 0 amide bonds. The SMILES string of the molecule is Cc1ccc(N(c2ccc(-c3ccc(-c4ccccc4)cc3)cc2)c2ccc3ccc4c5ccccc5ccc4c3c2)c(C)c1.c1ccc(-c2ccc(N(c3ccc(-c4cccc5ccccc45)cc3)c3ccc4ccc5c6ccccc6ccc5c4c3)cc2)cc1. The molecule has 0 heterocycles. The van der Waals surface area contributed by atoms with Gasteiger partial charge in [0.15, 0.2) is 0 Å². The molecular weight excluding hydrogens is 1110 g/mol. The van der Waals surface area contributed by atoms with Gasteiger partial charge in [-0.1, -0.05) is 291 Å². The fraction of sp³-hybridized carbons (Fsp3) is 0.0222. The molecule has 0 radical (unpaired) electrons. The fourth-order valence-electron chi connectivity index (χ4n) is 13.8. The van der Waals surface area contributed by atoms with Gasteiger partial charge in [0.25, 0.3) is 0 Å². The van der Waals surface area contributed by atoms with Crippen LogP contribution in [0.15, 0.2) is 352 Å². The monoisotopic (exact) mass is 1170 g/mol. The summed E-state index contributed by atoms with van der Waals surface area (Å²) in [7, 11) is 0. The lowest BCUT2D eigenvalue weighted by Crippen LogP contribution is -2.11. The number of aryl methyl sites for hydroxylation is 2. The second-order valence-electron chi connectivity index (χ2n) is 24.1. The van der Waals surface area contributed by atoms with E-state index in [-0.39, 0.29) is 0 Å². The highest BCUT2D eigenvalue weighted by atomic mass is 15.1. The van der Waals surface area contributed by atoms with Crippen molar-refractivity contribution in [2.75, 3.05) is 9.80 Å². The van der Waals surface area contributed by atoms with Crippen LogP contribution in [0.1, 0.15) is 11.1 Å². The van der Waals surface area contributed by atoms with Gasteiger partial charge in [-0.25, -0.2) is 0 Å². The third-order valence-electron chi connectivity index (χ3n) is 18.5. The second-order valence-corrected chi connectivity index (χ2v) is 24.1. The number of nitrogens with zero attached hydrogens (tertiary/aromatic N) is 2.